The maximum Gasteiger partial charge on any atom is 0.277 e. The van der Waals surface area contributed by atoms with E-state index in [0.717, 1.165) is 16.9 Å². The van der Waals surface area contributed by atoms with Gasteiger partial charge in [-0.3, -0.25) is 0 Å². The van der Waals surface area contributed by atoms with E-state index in [9.17, 15) is 0 Å². The molecule has 25 heavy (non-hydrogen) atoms. The number of thioether (sulfide) groups is 1. The van der Waals surface area contributed by atoms with Crippen molar-refractivity contribution < 1.29 is 13.3 Å². The molecule has 4 aromatic rings. The topological polar surface area (TPSA) is 91.0 Å². The normalized spacial score (nSPS) is 11.1. The van der Waals surface area contributed by atoms with Gasteiger partial charge in [0.25, 0.3) is 11.1 Å². The Morgan fingerprint density at radius 1 is 0.960 bits per heavy atom. The first kappa shape index (κ1) is 15.9. The summed E-state index contributed by atoms with van der Waals surface area (Å²) in [5.74, 6) is 2.47. The molecule has 0 radical (unpaired) electrons. The van der Waals surface area contributed by atoms with Crippen LogP contribution >= 0.6 is 23.4 Å². The Morgan fingerprint density at radius 2 is 1.76 bits per heavy atom. The van der Waals surface area contributed by atoms with Crippen LogP contribution in [0.15, 0.2) is 55.1 Å². The van der Waals surface area contributed by atoms with Gasteiger partial charge in [-0.25, -0.2) is 0 Å². The number of aryl methyl sites for hydroxylation is 1. The molecule has 0 atom stereocenters. The molecular formula is C16H11ClN4O3S. The van der Waals surface area contributed by atoms with Crippen molar-refractivity contribution in [2.24, 2.45) is 0 Å². The van der Waals surface area contributed by atoms with E-state index < -0.39 is 0 Å². The van der Waals surface area contributed by atoms with Gasteiger partial charge in [0, 0.05) is 10.6 Å². The zero-order valence-corrected chi connectivity index (χ0v) is 14.5. The second-order valence-electron chi connectivity index (χ2n) is 5.06. The first-order valence-corrected chi connectivity index (χ1v) is 8.64. The minimum Gasteiger partial charge on any atom is -0.469 e. The summed E-state index contributed by atoms with van der Waals surface area (Å²) in [6, 6.07) is 8.98. The number of halogens is 1. The van der Waals surface area contributed by atoms with Gasteiger partial charge in [0.15, 0.2) is 0 Å². The molecule has 0 fully saturated rings. The zero-order chi connectivity index (χ0) is 17.2. The summed E-state index contributed by atoms with van der Waals surface area (Å²) in [4.78, 5) is 0. The van der Waals surface area contributed by atoms with Crippen LogP contribution < -0.4 is 0 Å². The summed E-state index contributed by atoms with van der Waals surface area (Å²) in [6.07, 6.45) is 1.58. The SMILES string of the molecule is Cc1occc1-c1nnc(SCc2nnc(-c3ccc(Cl)cc3)o2)o1. The summed E-state index contributed by atoms with van der Waals surface area (Å²) in [5.41, 5.74) is 1.59. The summed E-state index contributed by atoms with van der Waals surface area (Å²) >= 11 is 7.19. The zero-order valence-electron chi connectivity index (χ0n) is 13.0. The van der Waals surface area contributed by atoms with Crippen molar-refractivity contribution in [1.29, 1.82) is 0 Å². The Hall–Kier alpha value is -2.58. The van der Waals surface area contributed by atoms with Crippen molar-refractivity contribution in [3.8, 4) is 22.9 Å². The molecule has 0 saturated heterocycles. The largest absolute Gasteiger partial charge is 0.469 e. The maximum absolute atomic E-state index is 5.87. The third-order valence-electron chi connectivity index (χ3n) is 3.37. The van der Waals surface area contributed by atoms with Gasteiger partial charge in [-0.15, -0.1) is 20.4 Å². The second kappa shape index (κ2) is 6.73. The van der Waals surface area contributed by atoms with Gasteiger partial charge in [0.1, 0.15) is 5.76 Å². The Kier molecular flexibility index (Phi) is 4.29. The van der Waals surface area contributed by atoms with E-state index in [1.54, 1.807) is 24.5 Å². The highest BCUT2D eigenvalue weighted by molar-refractivity contribution is 7.98. The number of hydrogen-bond donors (Lipinski definition) is 0. The highest BCUT2D eigenvalue weighted by Gasteiger charge is 2.15. The lowest BCUT2D eigenvalue weighted by atomic mass is 10.2. The second-order valence-corrected chi connectivity index (χ2v) is 6.42. The van der Waals surface area contributed by atoms with E-state index >= 15 is 0 Å². The van der Waals surface area contributed by atoms with Crippen LogP contribution in [0.1, 0.15) is 11.7 Å². The van der Waals surface area contributed by atoms with Crippen LogP contribution in [0.25, 0.3) is 22.9 Å². The molecule has 0 bridgehead atoms. The number of benzene rings is 1. The summed E-state index contributed by atoms with van der Waals surface area (Å²) in [7, 11) is 0. The van der Waals surface area contributed by atoms with Gasteiger partial charge in [-0.05, 0) is 37.3 Å². The summed E-state index contributed by atoms with van der Waals surface area (Å²) in [6.45, 7) is 1.84. The molecule has 0 saturated carbocycles. The number of nitrogens with zero attached hydrogens (tertiary/aromatic N) is 4. The van der Waals surface area contributed by atoms with Gasteiger partial charge in [-0.1, -0.05) is 23.4 Å². The molecule has 1 aromatic carbocycles. The van der Waals surface area contributed by atoms with Gasteiger partial charge < -0.3 is 13.3 Å². The standard InChI is InChI=1S/C16H11ClN4O3S/c1-9-12(6-7-22-9)15-20-21-16(24-15)25-8-13-18-19-14(23-13)10-2-4-11(17)5-3-10/h2-7H,8H2,1H3. The lowest BCUT2D eigenvalue weighted by molar-refractivity contribution is 0.462. The Bertz CT molecular complexity index is 993. The molecule has 9 heteroatoms. The first-order chi connectivity index (χ1) is 12.2. The lowest BCUT2D eigenvalue weighted by Crippen LogP contribution is -1.80. The van der Waals surface area contributed by atoms with Crippen LogP contribution in [0, 0.1) is 6.92 Å². The molecule has 0 N–H and O–H groups in total. The van der Waals surface area contributed by atoms with E-state index in [2.05, 4.69) is 20.4 Å². The monoisotopic (exact) mass is 374 g/mol. The van der Waals surface area contributed by atoms with Crippen LogP contribution in [0.3, 0.4) is 0 Å². The average Bonchev–Trinajstić information content (AvgIpc) is 3.33. The highest BCUT2D eigenvalue weighted by Crippen LogP contribution is 2.28. The third kappa shape index (κ3) is 3.45. The molecule has 4 rings (SSSR count). The molecule has 3 aromatic heterocycles. The van der Waals surface area contributed by atoms with Crippen molar-refractivity contribution in [2.45, 2.75) is 17.9 Å². The average molecular weight is 375 g/mol. The fourth-order valence-corrected chi connectivity index (χ4v) is 2.85. The van der Waals surface area contributed by atoms with Crippen LogP contribution in [0.2, 0.25) is 5.02 Å². The number of rotatable bonds is 5. The van der Waals surface area contributed by atoms with E-state index in [4.69, 9.17) is 24.9 Å². The van der Waals surface area contributed by atoms with Gasteiger partial charge in [0.05, 0.1) is 17.6 Å². The number of aromatic nitrogens is 4. The predicted molar refractivity (Wildman–Crippen MR) is 91.0 cm³/mol. The van der Waals surface area contributed by atoms with Crippen molar-refractivity contribution in [2.75, 3.05) is 0 Å². The summed E-state index contributed by atoms with van der Waals surface area (Å²) in [5, 5.41) is 17.1. The van der Waals surface area contributed by atoms with Gasteiger partial charge in [-0.2, -0.15) is 0 Å². The minimum absolute atomic E-state index is 0.418. The van der Waals surface area contributed by atoms with E-state index in [1.807, 2.05) is 19.1 Å². The minimum atomic E-state index is 0.418. The number of furan rings is 1. The third-order valence-corrected chi connectivity index (χ3v) is 4.43. The maximum atomic E-state index is 5.87. The fourth-order valence-electron chi connectivity index (χ4n) is 2.13. The van der Waals surface area contributed by atoms with E-state index in [1.165, 1.54) is 11.8 Å². The molecule has 0 unspecified atom stereocenters. The fraction of sp³-hybridized carbons (Fsp3) is 0.125. The molecule has 0 amide bonds. The molecule has 0 aliphatic rings. The van der Waals surface area contributed by atoms with Crippen molar-refractivity contribution in [3.05, 3.63) is 53.3 Å². The van der Waals surface area contributed by atoms with Crippen LogP contribution in [0.5, 0.6) is 0 Å². The molecule has 0 aliphatic heterocycles. The van der Waals surface area contributed by atoms with Gasteiger partial charge in [0.2, 0.25) is 11.8 Å². The molecule has 7 nitrogen and oxygen atoms in total. The molecular weight excluding hydrogens is 364 g/mol. The van der Waals surface area contributed by atoms with Crippen molar-refractivity contribution in [1.82, 2.24) is 20.4 Å². The Morgan fingerprint density at radius 3 is 2.52 bits per heavy atom. The highest BCUT2D eigenvalue weighted by atomic mass is 35.5. The Balaban J connectivity index is 1.43. The van der Waals surface area contributed by atoms with Crippen LogP contribution in [-0.4, -0.2) is 20.4 Å². The molecule has 126 valence electrons. The van der Waals surface area contributed by atoms with Crippen molar-refractivity contribution >= 4 is 23.4 Å². The molecule has 0 spiro atoms. The Labute approximate surface area is 151 Å². The smallest absolute Gasteiger partial charge is 0.277 e. The molecule has 0 aliphatic carbocycles. The molecule has 3 heterocycles. The predicted octanol–water partition coefficient (Wildman–Crippen LogP) is 4.63. The van der Waals surface area contributed by atoms with Crippen LogP contribution in [-0.2, 0) is 5.75 Å². The van der Waals surface area contributed by atoms with E-state index in [0.29, 0.717) is 33.7 Å². The van der Waals surface area contributed by atoms with Crippen LogP contribution in [0.4, 0.5) is 0 Å². The van der Waals surface area contributed by atoms with Gasteiger partial charge >= 0.3 is 0 Å². The lowest BCUT2D eigenvalue weighted by Gasteiger charge is -1.94. The quantitative estimate of drug-likeness (QED) is 0.467. The number of hydrogen-bond acceptors (Lipinski definition) is 8. The van der Waals surface area contributed by atoms with E-state index in [-0.39, 0.29) is 0 Å². The first-order valence-electron chi connectivity index (χ1n) is 7.28. The summed E-state index contributed by atoms with van der Waals surface area (Å²) < 4.78 is 16.5. The van der Waals surface area contributed by atoms with Crippen molar-refractivity contribution in [3.63, 3.8) is 0 Å².